The van der Waals surface area contributed by atoms with Crippen molar-refractivity contribution in [3.63, 3.8) is 0 Å². The Morgan fingerprint density at radius 1 is 0.553 bits per heavy atom. The monoisotopic (exact) mass is 541 g/mol. The van der Waals surface area contributed by atoms with Gasteiger partial charge in [0, 0.05) is 12.8 Å². The first kappa shape index (κ1) is 39.1. The Morgan fingerprint density at radius 3 is 1.37 bits per heavy atom. The predicted octanol–water partition coefficient (Wildman–Crippen LogP) is 11.3. The Labute approximate surface area is 238 Å². The molecule has 0 aliphatic heterocycles. The van der Waals surface area contributed by atoms with Gasteiger partial charge < -0.3 is 9.84 Å². The molecule has 4 nitrogen and oxygen atoms in total. The second-order valence-corrected chi connectivity index (χ2v) is 12.0. The summed E-state index contributed by atoms with van der Waals surface area (Å²) in [5, 5.41) is 8.54. The minimum absolute atomic E-state index is 0.0280. The standard InChI is InChI=1S/2C17H34O2/c1-4-5-12-16(15(2)3)13-10-8-6-7-9-11-14-17(18)19;1-4-5-6-7-8-9-10-11-12-13-14-15-17(18)19-16(2)3/h15-16H,4-14H2,1-3H3,(H,18,19);16H,4-15H2,1-3H3. The SMILES string of the molecule is CCCCC(CCCCCCCCC(=O)O)C(C)C.CCCCCCCCCCCCCC(=O)OC(C)C. The average Bonchev–Trinajstić information content (AvgIpc) is 2.85. The number of carboxylic acids is 1. The van der Waals surface area contributed by atoms with E-state index in [1.54, 1.807) is 0 Å². The second kappa shape index (κ2) is 30.5. The van der Waals surface area contributed by atoms with Crippen LogP contribution in [0.5, 0.6) is 0 Å². The summed E-state index contributed by atoms with van der Waals surface area (Å²) >= 11 is 0. The van der Waals surface area contributed by atoms with Crippen LogP contribution in [-0.2, 0) is 14.3 Å². The Kier molecular flexibility index (Phi) is 31.4. The summed E-state index contributed by atoms with van der Waals surface area (Å²) in [6.07, 6.45) is 28.0. The molecule has 0 saturated carbocycles. The first-order valence-corrected chi connectivity index (χ1v) is 16.7. The van der Waals surface area contributed by atoms with E-state index in [1.807, 2.05) is 13.8 Å². The van der Waals surface area contributed by atoms with E-state index in [1.165, 1.54) is 116 Å². The van der Waals surface area contributed by atoms with Crippen molar-refractivity contribution >= 4 is 11.9 Å². The fourth-order valence-corrected chi connectivity index (χ4v) is 4.92. The smallest absolute Gasteiger partial charge is 0.306 e. The molecule has 0 amide bonds. The number of ether oxygens (including phenoxy) is 1. The summed E-state index contributed by atoms with van der Waals surface area (Å²) in [7, 11) is 0. The maximum atomic E-state index is 11.3. The maximum absolute atomic E-state index is 11.3. The van der Waals surface area contributed by atoms with Gasteiger partial charge >= 0.3 is 11.9 Å². The van der Waals surface area contributed by atoms with Crippen LogP contribution >= 0.6 is 0 Å². The fraction of sp³-hybridized carbons (Fsp3) is 0.941. The van der Waals surface area contributed by atoms with Crippen LogP contribution in [0.15, 0.2) is 0 Å². The zero-order valence-corrected chi connectivity index (χ0v) is 26.7. The Bertz CT molecular complexity index is 501. The van der Waals surface area contributed by atoms with Gasteiger partial charge in [0.15, 0.2) is 0 Å². The van der Waals surface area contributed by atoms with E-state index in [9.17, 15) is 9.59 Å². The first-order chi connectivity index (χ1) is 18.2. The van der Waals surface area contributed by atoms with Crippen LogP contribution in [0.1, 0.15) is 189 Å². The molecule has 0 aliphatic rings. The number of carbonyl (C=O) groups is 2. The minimum Gasteiger partial charge on any atom is -0.481 e. The van der Waals surface area contributed by atoms with Gasteiger partial charge in [0.25, 0.3) is 0 Å². The zero-order valence-electron chi connectivity index (χ0n) is 26.7. The lowest BCUT2D eigenvalue weighted by atomic mass is 9.86. The molecule has 0 aliphatic carbocycles. The molecule has 38 heavy (non-hydrogen) atoms. The molecule has 0 rings (SSSR count). The van der Waals surface area contributed by atoms with Gasteiger partial charge in [-0.2, -0.15) is 0 Å². The summed E-state index contributed by atoms with van der Waals surface area (Å²) < 4.78 is 5.10. The quantitative estimate of drug-likeness (QED) is 0.0875. The van der Waals surface area contributed by atoms with Crippen LogP contribution in [0.25, 0.3) is 0 Å². The van der Waals surface area contributed by atoms with Gasteiger partial charge in [-0.05, 0) is 38.5 Å². The van der Waals surface area contributed by atoms with E-state index in [0.717, 1.165) is 31.1 Å². The Morgan fingerprint density at radius 2 is 0.947 bits per heavy atom. The highest BCUT2D eigenvalue weighted by atomic mass is 16.5. The van der Waals surface area contributed by atoms with Gasteiger partial charge in [-0.1, -0.05) is 150 Å². The third kappa shape index (κ3) is 33.0. The fourth-order valence-electron chi connectivity index (χ4n) is 4.92. The molecule has 0 spiro atoms. The number of rotatable bonds is 26. The van der Waals surface area contributed by atoms with Crippen LogP contribution < -0.4 is 0 Å². The normalized spacial score (nSPS) is 11.9. The predicted molar refractivity (Wildman–Crippen MR) is 165 cm³/mol. The van der Waals surface area contributed by atoms with Crippen molar-refractivity contribution in [3.8, 4) is 0 Å². The van der Waals surface area contributed by atoms with Crippen molar-refractivity contribution < 1.29 is 19.4 Å². The molecule has 1 unspecified atom stereocenters. The Balaban J connectivity index is 0. The highest BCUT2D eigenvalue weighted by molar-refractivity contribution is 5.69. The molecule has 0 fully saturated rings. The van der Waals surface area contributed by atoms with Crippen molar-refractivity contribution in [3.05, 3.63) is 0 Å². The highest BCUT2D eigenvalue weighted by Gasteiger charge is 2.12. The van der Waals surface area contributed by atoms with Gasteiger partial charge in [-0.15, -0.1) is 0 Å². The molecule has 0 aromatic heterocycles. The number of esters is 1. The summed E-state index contributed by atoms with van der Waals surface area (Å²) in [6.45, 7) is 13.0. The lowest BCUT2D eigenvalue weighted by Crippen LogP contribution is -2.10. The molecule has 1 atom stereocenters. The summed E-state index contributed by atoms with van der Waals surface area (Å²) in [4.78, 5) is 21.7. The van der Waals surface area contributed by atoms with Crippen molar-refractivity contribution in [2.75, 3.05) is 0 Å². The van der Waals surface area contributed by atoms with Gasteiger partial charge in [-0.3, -0.25) is 9.59 Å². The van der Waals surface area contributed by atoms with Crippen molar-refractivity contribution in [1.29, 1.82) is 0 Å². The van der Waals surface area contributed by atoms with E-state index in [2.05, 4.69) is 27.7 Å². The van der Waals surface area contributed by atoms with Gasteiger partial charge in [0.1, 0.15) is 0 Å². The van der Waals surface area contributed by atoms with Crippen molar-refractivity contribution in [2.45, 2.75) is 195 Å². The first-order valence-electron chi connectivity index (χ1n) is 16.7. The number of hydrogen-bond donors (Lipinski definition) is 1. The lowest BCUT2D eigenvalue weighted by Gasteiger charge is -2.20. The molecule has 0 bridgehead atoms. The van der Waals surface area contributed by atoms with Crippen LogP contribution in [-0.4, -0.2) is 23.1 Å². The molecule has 0 heterocycles. The van der Waals surface area contributed by atoms with E-state index >= 15 is 0 Å². The zero-order chi connectivity index (χ0) is 28.9. The maximum Gasteiger partial charge on any atom is 0.306 e. The van der Waals surface area contributed by atoms with Gasteiger partial charge in [0.05, 0.1) is 6.10 Å². The summed E-state index contributed by atoms with van der Waals surface area (Å²) in [5.74, 6) is 1.04. The topological polar surface area (TPSA) is 63.6 Å². The van der Waals surface area contributed by atoms with Gasteiger partial charge in [0.2, 0.25) is 0 Å². The molecule has 0 saturated heterocycles. The van der Waals surface area contributed by atoms with Crippen LogP contribution in [0.3, 0.4) is 0 Å². The summed E-state index contributed by atoms with van der Waals surface area (Å²) in [6, 6.07) is 0. The van der Waals surface area contributed by atoms with E-state index < -0.39 is 5.97 Å². The molecule has 228 valence electrons. The number of carbonyl (C=O) groups excluding carboxylic acids is 1. The molecular formula is C34H68O4. The molecule has 0 aromatic rings. The molecule has 0 aromatic carbocycles. The highest BCUT2D eigenvalue weighted by Crippen LogP contribution is 2.24. The van der Waals surface area contributed by atoms with E-state index in [0.29, 0.717) is 12.8 Å². The lowest BCUT2D eigenvalue weighted by molar-refractivity contribution is -0.147. The average molecular weight is 541 g/mol. The van der Waals surface area contributed by atoms with Crippen molar-refractivity contribution in [1.82, 2.24) is 0 Å². The summed E-state index contributed by atoms with van der Waals surface area (Å²) in [5.41, 5.74) is 0. The van der Waals surface area contributed by atoms with Crippen molar-refractivity contribution in [2.24, 2.45) is 11.8 Å². The molecule has 4 heteroatoms. The number of hydrogen-bond acceptors (Lipinski definition) is 3. The Hall–Kier alpha value is -1.06. The third-order valence-electron chi connectivity index (χ3n) is 7.44. The number of unbranched alkanes of at least 4 members (excludes halogenated alkanes) is 16. The molecule has 1 N–H and O–H groups in total. The van der Waals surface area contributed by atoms with Gasteiger partial charge in [-0.25, -0.2) is 0 Å². The van der Waals surface area contributed by atoms with E-state index in [-0.39, 0.29) is 12.1 Å². The minimum atomic E-state index is -0.657. The van der Waals surface area contributed by atoms with Crippen LogP contribution in [0.2, 0.25) is 0 Å². The van der Waals surface area contributed by atoms with Crippen LogP contribution in [0.4, 0.5) is 0 Å². The molecule has 0 radical (unpaired) electrons. The number of carboxylic acid groups (broad SMARTS) is 1. The third-order valence-corrected chi connectivity index (χ3v) is 7.44. The number of aliphatic carboxylic acids is 1. The van der Waals surface area contributed by atoms with E-state index in [4.69, 9.17) is 9.84 Å². The van der Waals surface area contributed by atoms with Crippen LogP contribution in [0, 0.1) is 11.8 Å². The molecular weight excluding hydrogens is 472 g/mol. The largest absolute Gasteiger partial charge is 0.481 e. The second-order valence-electron chi connectivity index (χ2n) is 12.0.